The molecule has 1 heterocycles. The normalized spacial score (nSPS) is 36.8. The van der Waals surface area contributed by atoms with Gasteiger partial charge in [0.15, 0.2) is 0 Å². The molecule has 1 aliphatic carbocycles. The average Bonchev–Trinajstić information content (AvgIpc) is 2.33. The molecule has 4 nitrogen and oxygen atoms in total. The summed E-state index contributed by atoms with van der Waals surface area (Å²) in [6, 6.07) is 0. The maximum Gasteiger partial charge on any atom is 0.324 e. The Hall–Kier alpha value is -0.290. The average molecular weight is 252 g/mol. The molecule has 1 saturated carbocycles. The molecule has 0 N–H and O–H groups in total. The lowest BCUT2D eigenvalue weighted by Crippen LogP contribution is -2.49. The Morgan fingerprint density at radius 2 is 2.13 bits per heavy atom. The molecule has 0 radical (unpaired) electrons. The number of carbonyl (C=O) groups is 1. The Bertz CT molecular complexity index is 394. The Morgan fingerprint density at radius 1 is 1.47 bits per heavy atom. The first-order valence-electron chi connectivity index (χ1n) is 5.13. The van der Waals surface area contributed by atoms with Crippen LogP contribution in [0.5, 0.6) is 0 Å². The van der Waals surface area contributed by atoms with E-state index in [4.69, 9.17) is 10.7 Å². The quantitative estimate of drug-likeness (QED) is 0.666. The van der Waals surface area contributed by atoms with E-state index in [-0.39, 0.29) is 11.8 Å². The first-order valence-corrected chi connectivity index (χ1v) is 7.40. The summed E-state index contributed by atoms with van der Waals surface area (Å²) in [6.07, 6.45) is 4.01. The van der Waals surface area contributed by atoms with Crippen LogP contribution in [0.2, 0.25) is 0 Å². The van der Waals surface area contributed by atoms with Crippen LogP contribution in [-0.2, 0) is 14.0 Å². The minimum atomic E-state index is -3.92. The summed E-state index contributed by atoms with van der Waals surface area (Å²) in [4.78, 5) is 11.7. The molecule has 2 fully saturated rings. The highest BCUT2D eigenvalue weighted by molar-refractivity contribution is 8.12. The first kappa shape index (κ1) is 11.2. The van der Waals surface area contributed by atoms with Crippen LogP contribution >= 0.6 is 10.7 Å². The SMILES string of the molecule is C[C@]12CCCC[C@H]1CC(=O)N2S(=O)(=O)Cl. The van der Waals surface area contributed by atoms with Gasteiger partial charge in [-0.15, -0.1) is 0 Å². The predicted molar refractivity (Wildman–Crippen MR) is 56.6 cm³/mol. The Kier molecular flexibility index (Phi) is 2.50. The molecular formula is C9H14ClNO3S. The van der Waals surface area contributed by atoms with E-state index in [0.717, 1.165) is 30.0 Å². The molecule has 2 aliphatic rings. The van der Waals surface area contributed by atoms with Gasteiger partial charge in [0.2, 0.25) is 5.91 Å². The van der Waals surface area contributed by atoms with Crippen LogP contribution in [0.1, 0.15) is 39.0 Å². The zero-order valence-electron chi connectivity index (χ0n) is 8.57. The van der Waals surface area contributed by atoms with Gasteiger partial charge >= 0.3 is 9.24 Å². The molecule has 2 atom stereocenters. The molecule has 15 heavy (non-hydrogen) atoms. The van der Waals surface area contributed by atoms with Gasteiger partial charge in [0.05, 0.1) is 5.54 Å². The zero-order valence-corrected chi connectivity index (χ0v) is 10.1. The number of nitrogens with zero attached hydrogens (tertiary/aromatic N) is 1. The molecule has 0 aromatic carbocycles. The molecule has 1 aliphatic heterocycles. The fourth-order valence-electron chi connectivity index (χ4n) is 2.93. The minimum Gasteiger partial charge on any atom is -0.274 e. The molecule has 6 heteroatoms. The summed E-state index contributed by atoms with van der Waals surface area (Å²) >= 11 is 0. The van der Waals surface area contributed by atoms with Gasteiger partial charge in [-0.2, -0.15) is 8.42 Å². The molecule has 2 rings (SSSR count). The van der Waals surface area contributed by atoms with Crippen molar-refractivity contribution in [1.29, 1.82) is 0 Å². The van der Waals surface area contributed by atoms with Crippen LogP contribution in [0.15, 0.2) is 0 Å². The second-order valence-electron chi connectivity index (χ2n) is 4.60. The van der Waals surface area contributed by atoms with E-state index in [0.29, 0.717) is 6.42 Å². The van der Waals surface area contributed by atoms with E-state index in [1.54, 1.807) is 0 Å². The van der Waals surface area contributed by atoms with Gasteiger partial charge in [0, 0.05) is 17.1 Å². The first-order chi connectivity index (χ1) is 6.86. The van der Waals surface area contributed by atoms with Crippen molar-refractivity contribution in [2.45, 2.75) is 44.6 Å². The van der Waals surface area contributed by atoms with Crippen molar-refractivity contribution in [2.24, 2.45) is 5.92 Å². The molecule has 0 aromatic rings. The highest BCUT2D eigenvalue weighted by Gasteiger charge is 2.54. The van der Waals surface area contributed by atoms with E-state index in [1.165, 1.54) is 0 Å². The number of rotatable bonds is 1. The van der Waals surface area contributed by atoms with E-state index < -0.39 is 14.8 Å². The van der Waals surface area contributed by atoms with Gasteiger partial charge in [0.1, 0.15) is 0 Å². The number of hydrogen-bond donors (Lipinski definition) is 0. The maximum absolute atomic E-state index is 11.7. The molecule has 0 unspecified atom stereocenters. The summed E-state index contributed by atoms with van der Waals surface area (Å²) < 4.78 is 23.7. The number of hydrogen-bond acceptors (Lipinski definition) is 3. The van der Waals surface area contributed by atoms with E-state index in [1.807, 2.05) is 6.92 Å². The molecule has 86 valence electrons. The lowest BCUT2D eigenvalue weighted by molar-refractivity contribution is -0.125. The molecule has 1 amide bonds. The third kappa shape index (κ3) is 1.65. The van der Waals surface area contributed by atoms with Crippen molar-refractivity contribution < 1.29 is 13.2 Å². The lowest BCUT2D eigenvalue weighted by Gasteiger charge is -2.40. The van der Waals surface area contributed by atoms with Gasteiger partial charge in [-0.05, 0) is 25.7 Å². The van der Waals surface area contributed by atoms with Gasteiger partial charge in [-0.25, -0.2) is 4.31 Å². The molecule has 1 saturated heterocycles. The minimum absolute atomic E-state index is 0.146. The van der Waals surface area contributed by atoms with Crippen LogP contribution in [0.4, 0.5) is 0 Å². The smallest absolute Gasteiger partial charge is 0.274 e. The van der Waals surface area contributed by atoms with Crippen LogP contribution in [0.25, 0.3) is 0 Å². The van der Waals surface area contributed by atoms with Crippen molar-refractivity contribution in [2.75, 3.05) is 0 Å². The summed E-state index contributed by atoms with van der Waals surface area (Å²) in [6.45, 7) is 1.83. The number of fused-ring (bicyclic) bond motifs is 1. The second kappa shape index (κ2) is 3.35. The highest BCUT2D eigenvalue weighted by atomic mass is 35.7. The largest absolute Gasteiger partial charge is 0.324 e. The summed E-state index contributed by atoms with van der Waals surface area (Å²) in [5.41, 5.74) is -0.573. The van der Waals surface area contributed by atoms with Gasteiger partial charge < -0.3 is 0 Å². The number of carbonyl (C=O) groups excluding carboxylic acids is 1. The third-order valence-electron chi connectivity index (χ3n) is 3.69. The topological polar surface area (TPSA) is 54.5 Å². The number of halogens is 1. The van der Waals surface area contributed by atoms with Crippen molar-refractivity contribution in [3.8, 4) is 0 Å². The second-order valence-corrected chi connectivity index (χ2v) is 6.96. The molecular weight excluding hydrogens is 238 g/mol. The molecule has 0 spiro atoms. The standard InChI is InChI=1S/C9H14ClNO3S/c1-9-5-3-2-4-7(9)6-8(12)11(9)15(10,13)14/h7H,2-6H2,1H3/t7-,9-/m0/s1. The van der Waals surface area contributed by atoms with Crippen LogP contribution in [-0.4, -0.2) is 24.2 Å². The summed E-state index contributed by atoms with van der Waals surface area (Å²) in [5.74, 6) is -0.202. The van der Waals surface area contributed by atoms with Crippen LogP contribution in [0.3, 0.4) is 0 Å². The fourth-order valence-corrected chi connectivity index (χ4v) is 4.69. The molecule has 0 aromatic heterocycles. The van der Waals surface area contributed by atoms with E-state index in [2.05, 4.69) is 0 Å². The fraction of sp³-hybridized carbons (Fsp3) is 0.889. The van der Waals surface area contributed by atoms with E-state index >= 15 is 0 Å². The van der Waals surface area contributed by atoms with Crippen molar-refractivity contribution >= 4 is 25.8 Å². The van der Waals surface area contributed by atoms with Gasteiger partial charge in [0.25, 0.3) is 0 Å². The monoisotopic (exact) mass is 251 g/mol. The third-order valence-corrected chi connectivity index (χ3v) is 5.17. The lowest BCUT2D eigenvalue weighted by atomic mass is 9.75. The highest BCUT2D eigenvalue weighted by Crippen LogP contribution is 2.47. The Labute approximate surface area is 94.1 Å². The van der Waals surface area contributed by atoms with Crippen LogP contribution in [0, 0.1) is 5.92 Å². The summed E-state index contributed by atoms with van der Waals surface area (Å²) in [7, 11) is 1.40. The van der Waals surface area contributed by atoms with Crippen LogP contribution < -0.4 is 0 Å². The molecule has 0 bridgehead atoms. The summed E-state index contributed by atoms with van der Waals surface area (Å²) in [5, 5.41) is 0. The van der Waals surface area contributed by atoms with E-state index in [9.17, 15) is 13.2 Å². The van der Waals surface area contributed by atoms with Gasteiger partial charge in [-0.3, -0.25) is 4.79 Å². The van der Waals surface area contributed by atoms with Crippen molar-refractivity contribution in [3.05, 3.63) is 0 Å². The van der Waals surface area contributed by atoms with Gasteiger partial charge in [-0.1, -0.05) is 12.8 Å². The maximum atomic E-state index is 11.7. The van der Waals surface area contributed by atoms with Crippen molar-refractivity contribution in [1.82, 2.24) is 4.31 Å². The Morgan fingerprint density at radius 3 is 2.73 bits per heavy atom. The Balaban J connectivity index is 2.42. The number of amides is 1. The van der Waals surface area contributed by atoms with Crippen molar-refractivity contribution in [3.63, 3.8) is 0 Å². The predicted octanol–water partition coefficient (Wildman–Crippen LogP) is 1.65. The zero-order chi connectivity index (χ0) is 11.3.